The molecule has 0 spiro atoms. The van der Waals surface area contributed by atoms with E-state index in [1.807, 2.05) is 48.5 Å². The lowest BCUT2D eigenvalue weighted by atomic mass is 10.00. The molecule has 0 saturated heterocycles. The molecule has 2 heterocycles. The lowest BCUT2D eigenvalue weighted by molar-refractivity contribution is -0.137. The first-order chi connectivity index (χ1) is 17.5. The predicted octanol–water partition coefficient (Wildman–Crippen LogP) is 9.10. The molecule has 0 unspecified atom stereocenters. The number of hydrogen-bond donors (Lipinski definition) is 1. The number of hydrogen-bond acceptors (Lipinski definition) is 0. The van der Waals surface area contributed by atoms with Crippen molar-refractivity contribution in [2.45, 2.75) is 6.18 Å². The van der Waals surface area contributed by atoms with E-state index in [9.17, 15) is 13.2 Å². The van der Waals surface area contributed by atoms with Gasteiger partial charge in [-0.15, -0.1) is 0 Å². The number of alkyl halides is 3. The van der Waals surface area contributed by atoms with Crippen LogP contribution >= 0.6 is 0 Å². The molecule has 0 aliphatic carbocycles. The fourth-order valence-electron chi connectivity index (χ4n) is 5.26. The number of nitrogens with zero attached hydrogens (tertiary/aromatic N) is 1. The zero-order valence-electron chi connectivity index (χ0n) is 19.0. The van der Waals surface area contributed by atoms with Crippen molar-refractivity contribution in [1.29, 1.82) is 0 Å². The highest BCUT2D eigenvalue weighted by atomic mass is 19.4. The fraction of sp³-hybridized carbons (Fsp3) is 0.0323. The van der Waals surface area contributed by atoms with Crippen LogP contribution in [0.4, 0.5) is 13.2 Å². The van der Waals surface area contributed by atoms with Crippen LogP contribution in [0.3, 0.4) is 0 Å². The molecule has 0 radical (unpaired) electrons. The summed E-state index contributed by atoms with van der Waals surface area (Å²) in [5, 5.41) is 3.63. The Morgan fingerprint density at radius 3 is 1.92 bits per heavy atom. The molecule has 0 atom stereocenters. The van der Waals surface area contributed by atoms with Gasteiger partial charge in [0.2, 0.25) is 0 Å². The van der Waals surface area contributed by atoms with Crippen molar-refractivity contribution < 1.29 is 13.2 Å². The number of nitrogens with one attached hydrogen (secondary N) is 1. The monoisotopic (exact) mass is 476 g/mol. The summed E-state index contributed by atoms with van der Waals surface area (Å²) in [6.45, 7) is 0. The van der Waals surface area contributed by atoms with Gasteiger partial charge in [-0.3, -0.25) is 0 Å². The normalized spacial score (nSPS) is 12.3. The van der Waals surface area contributed by atoms with Crippen LogP contribution < -0.4 is 0 Å². The lowest BCUT2D eigenvalue weighted by Gasteiger charge is -2.08. The van der Waals surface area contributed by atoms with E-state index in [-0.39, 0.29) is 0 Å². The van der Waals surface area contributed by atoms with Crippen molar-refractivity contribution in [2.75, 3.05) is 0 Å². The highest BCUT2D eigenvalue weighted by Gasteiger charge is 2.30. The third-order valence-corrected chi connectivity index (χ3v) is 6.95. The molecular formula is C31H19F3N2. The van der Waals surface area contributed by atoms with Crippen LogP contribution in [0.5, 0.6) is 0 Å². The SMILES string of the molecule is FC(F)(F)c1ccc2[nH]c3ccc(-c4ccc5c(c4)c4ccccc4n5-c4ccccc4)cc3c2c1. The van der Waals surface area contributed by atoms with Crippen LogP contribution in [0.15, 0.2) is 109 Å². The molecule has 174 valence electrons. The number of halogens is 3. The fourth-order valence-corrected chi connectivity index (χ4v) is 5.26. The molecule has 7 rings (SSSR count). The van der Waals surface area contributed by atoms with E-state index in [1.54, 1.807) is 0 Å². The first-order valence-electron chi connectivity index (χ1n) is 11.7. The lowest BCUT2D eigenvalue weighted by Crippen LogP contribution is -2.03. The molecular weight excluding hydrogens is 457 g/mol. The molecule has 0 amide bonds. The Morgan fingerprint density at radius 1 is 0.528 bits per heavy atom. The quantitative estimate of drug-likeness (QED) is 0.257. The zero-order valence-corrected chi connectivity index (χ0v) is 19.0. The van der Waals surface area contributed by atoms with Crippen LogP contribution in [0.2, 0.25) is 0 Å². The summed E-state index contributed by atoms with van der Waals surface area (Å²) in [6, 6.07) is 34.8. The molecule has 1 N–H and O–H groups in total. The van der Waals surface area contributed by atoms with E-state index in [4.69, 9.17) is 0 Å². The van der Waals surface area contributed by atoms with Gasteiger partial charge in [0, 0.05) is 38.3 Å². The molecule has 5 heteroatoms. The van der Waals surface area contributed by atoms with Crippen molar-refractivity contribution in [3.8, 4) is 16.8 Å². The molecule has 2 aromatic heterocycles. The molecule has 36 heavy (non-hydrogen) atoms. The number of H-pyrrole nitrogens is 1. The maximum Gasteiger partial charge on any atom is 0.416 e. The molecule has 0 aliphatic rings. The van der Waals surface area contributed by atoms with E-state index < -0.39 is 11.7 Å². The number of aromatic amines is 1. The minimum Gasteiger partial charge on any atom is -0.355 e. The largest absolute Gasteiger partial charge is 0.416 e. The second-order valence-corrected chi connectivity index (χ2v) is 9.06. The van der Waals surface area contributed by atoms with Crippen LogP contribution in [0.1, 0.15) is 5.56 Å². The van der Waals surface area contributed by atoms with Gasteiger partial charge >= 0.3 is 6.18 Å². The van der Waals surface area contributed by atoms with Gasteiger partial charge in [-0.25, -0.2) is 0 Å². The first-order valence-corrected chi connectivity index (χ1v) is 11.7. The summed E-state index contributed by atoms with van der Waals surface area (Å²) >= 11 is 0. The van der Waals surface area contributed by atoms with Gasteiger partial charge in [-0.2, -0.15) is 13.2 Å². The number of rotatable bonds is 2. The molecule has 0 aliphatic heterocycles. The van der Waals surface area contributed by atoms with Crippen molar-refractivity contribution in [3.05, 3.63) is 115 Å². The molecule has 7 aromatic rings. The summed E-state index contributed by atoms with van der Waals surface area (Å²) in [5.74, 6) is 0. The van der Waals surface area contributed by atoms with Crippen LogP contribution in [-0.2, 0) is 6.18 Å². The number of para-hydroxylation sites is 2. The Bertz CT molecular complexity index is 1930. The van der Waals surface area contributed by atoms with Crippen molar-refractivity contribution in [2.24, 2.45) is 0 Å². The van der Waals surface area contributed by atoms with Gasteiger partial charge in [0.05, 0.1) is 16.6 Å². The molecule has 5 aromatic carbocycles. The Morgan fingerprint density at radius 2 is 1.14 bits per heavy atom. The Kier molecular flexibility index (Phi) is 4.33. The van der Waals surface area contributed by atoms with Gasteiger partial charge in [0.1, 0.15) is 0 Å². The maximum absolute atomic E-state index is 13.4. The minimum absolute atomic E-state index is 0.573. The number of benzene rings is 5. The van der Waals surface area contributed by atoms with Crippen LogP contribution in [0, 0.1) is 0 Å². The average Bonchev–Trinajstić information content (AvgIpc) is 3.43. The molecule has 2 nitrogen and oxygen atoms in total. The van der Waals surface area contributed by atoms with Gasteiger partial charge in [-0.1, -0.05) is 48.5 Å². The topological polar surface area (TPSA) is 20.7 Å². The summed E-state index contributed by atoms with van der Waals surface area (Å²) in [5.41, 5.74) is 6.16. The molecule has 0 fully saturated rings. The van der Waals surface area contributed by atoms with E-state index in [0.29, 0.717) is 10.9 Å². The average molecular weight is 477 g/mol. The molecule has 0 saturated carbocycles. The van der Waals surface area contributed by atoms with E-state index in [1.165, 1.54) is 12.1 Å². The van der Waals surface area contributed by atoms with Crippen LogP contribution in [-0.4, -0.2) is 9.55 Å². The highest BCUT2D eigenvalue weighted by molar-refractivity contribution is 6.12. The summed E-state index contributed by atoms with van der Waals surface area (Å²) in [6.07, 6.45) is -4.38. The highest BCUT2D eigenvalue weighted by Crippen LogP contribution is 2.38. The summed E-state index contributed by atoms with van der Waals surface area (Å²) in [7, 11) is 0. The first kappa shape index (κ1) is 20.8. The minimum atomic E-state index is -4.38. The van der Waals surface area contributed by atoms with Crippen LogP contribution in [0.25, 0.3) is 60.4 Å². The van der Waals surface area contributed by atoms with Crippen molar-refractivity contribution in [1.82, 2.24) is 9.55 Å². The van der Waals surface area contributed by atoms with E-state index in [0.717, 1.165) is 55.6 Å². The second-order valence-electron chi connectivity index (χ2n) is 9.06. The predicted molar refractivity (Wildman–Crippen MR) is 141 cm³/mol. The standard InChI is InChI=1S/C31H19F3N2/c32-31(33,34)21-12-14-28-25(18-21)24-16-19(10-13-27(24)35-28)20-11-15-30-26(17-20)23-8-4-5-9-29(23)36(30)22-6-2-1-3-7-22/h1-18,35H. The number of fused-ring (bicyclic) bond motifs is 6. The van der Waals surface area contributed by atoms with Crippen molar-refractivity contribution >= 4 is 43.6 Å². The second kappa shape index (κ2) is 7.49. The van der Waals surface area contributed by atoms with Gasteiger partial charge < -0.3 is 9.55 Å². The summed E-state index contributed by atoms with van der Waals surface area (Å²) in [4.78, 5) is 3.24. The Hall–Kier alpha value is -4.51. The molecule has 0 bridgehead atoms. The third-order valence-electron chi connectivity index (χ3n) is 6.95. The van der Waals surface area contributed by atoms with E-state index >= 15 is 0 Å². The van der Waals surface area contributed by atoms with Crippen molar-refractivity contribution in [3.63, 3.8) is 0 Å². The maximum atomic E-state index is 13.4. The Balaban J connectivity index is 1.44. The Labute approximate surface area is 204 Å². The smallest absolute Gasteiger partial charge is 0.355 e. The zero-order chi connectivity index (χ0) is 24.4. The van der Waals surface area contributed by atoms with Gasteiger partial charge in [0.25, 0.3) is 0 Å². The summed E-state index contributed by atoms with van der Waals surface area (Å²) < 4.78 is 42.3. The van der Waals surface area contributed by atoms with Gasteiger partial charge in [-0.05, 0) is 71.8 Å². The number of aromatic nitrogens is 2. The van der Waals surface area contributed by atoms with Gasteiger partial charge in [0.15, 0.2) is 0 Å². The third kappa shape index (κ3) is 3.13. The van der Waals surface area contributed by atoms with E-state index in [2.05, 4.69) is 52.0 Å².